The van der Waals surface area contributed by atoms with Crippen LogP contribution >= 0.6 is 0 Å². The number of hydrogen-bond donors (Lipinski definition) is 1. The molecule has 4 nitrogen and oxygen atoms in total. The zero-order valence-corrected chi connectivity index (χ0v) is 10.6. The topological polar surface area (TPSA) is 46.5 Å². The van der Waals surface area contributed by atoms with Crippen molar-refractivity contribution in [3.05, 3.63) is 30.3 Å². The SMILES string of the molecule is Cn1nc([As])cc1-c1nc2ccccc2[nH]1. The van der Waals surface area contributed by atoms with Gasteiger partial charge in [0.1, 0.15) is 0 Å². The van der Waals surface area contributed by atoms with E-state index in [0.717, 1.165) is 27.0 Å². The Labute approximate surface area is 101 Å². The van der Waals surface area contributed by atoms with Gasteiger partial charge in [-0.3, -0.25) is 0 Å². The van der Waals surface area contributed by atoms with Gasteiger partial charge in [0.25, 0.3) is 0 Å². The summed E-state index contributed by atoms with van der Waals surface area (Å²) in [5.74, 6) is 0.855. The number of aromatic amines is 1. The van der Waals surface area contributed by atoms with Crippen LogP contribution in [-0.2, 0) is 7.05 Å². The number of imidazole rings is 1. The summed E-state index contributed by atoms with van der Waals surface area (Å²) in [6.07, 6.45) is 0. The molecule has 1 aromatic carbocycles. The van der Waals surface area contributed by atoms with E-state index in [2.05, 4.69) is 31.9 Å². The molecular formula is C11H9AsN4. The predicted octanol–water partition coefficient (Wildman–Crippen LogP) is 0.757. The predicted molar refractivity (Wildman–Crippen MR) is 63.7 cm³/mol. The third kappa shape index (κ3) is 1.46. The van der Waals surface area contributed by atoms with Gasteiger partial charge in [-0.2, -0.15) is 0 Å². The molecule has 5 heteroatoms. The van der Waals surface area contributed by atoms with Gasteiger partial charge in [-0.05, 0) is 0 Å². The van der Waals surface area contributed by atoms with Crippen molar-refractivity contribution in [3.63, 3.8) is 0 Å². The van der Waals surface area contributed by atoms with Gasteiger partial charge < -0.3 is 0 Å². The summed E-state index contributed by atoms with van der Waals surface area (Å²) in [6, 6.07) is 9.99. The number of rotatable bonds is 1. The minimum atomic E-state index is 0.855. The fourth-order valence-electron chi connectivity index (χ4n) is 1.75. The molecule has 0 aliphatic carbocycles. The van der Waals surface area contributed by atoms with E-state index in [4.69, 9.17) is 0 Å². The van der Waals surface area contributed by atoms with E-state index in [1.807, 2.05) is 42.1 Å². The van der Waals surface area contributed by atoms with Crippen molar-refractivity contribution in [2.45, 2.75) is 0 Å². The molecule has 0 aliphatic rings. The Bertz CT molecular complexity index is 620. The summed E-state index contributed by atoms with van der Waals surface area (Å²) in [5.41, 5.74) is 3.02. The molecule has 2 radical (unpaired) electrons. The zero-order chi connectivity index (χ0) is 11.1. The first-order chi connectivity index (χ1) is 7.74. The number of aromatic nitrogens is 4. The number of nitrogens with zero attached hydrogens (tertiary/aromatic N) is 3. The van der Waals surface area contributed by atoms with Crippen LogP contribution in [0.15, 0.2) is 30.3 Å². The van der Waals surface area contributed by atoms with Gasteiger partial charge in [-0.25, -0.2) is 0 Å². The minimum absolute atomic E-state index is 0.855. The molecule has 0 unspecified atom stereocenters. The summed E-state index contributed by atoms with van der Waals surface area (Å²) >= 11 is 2.44. The van der Waals surface area contributed by atoms with Gasteiger partial charge in [0.15, 0.2) is 0 Å². The second kappa shape index (κ2) is 3.49. The molecule has 2 heterocycles. The third-order valence-corrected chi connectivity index (χ3v) is 2.96. The first kappa shape index (κ1) is 9.67. The number of aryl methyl sites for hydroxylation is 1. The fourth-order valence-corrected chi connectivity index (χ4v) is 2.29. The summed E-state index contributed by atoms with van der Waals surface area (Å²) in [6.45, 7) is 0. The van der Waals surface area contributed by atoms with Crippen LogP contribution in [0.1, 0.15) is 0 Å². The molecule has 0 spiro atoms. The van der Waals surface area contributed by atoms with Gasteiger partial charge in [0, 0.05) is 0 Å². The fraction of sp³-hybridized carbons (Fsp3) is 0.0909. The Morgan fingerprint density at radius 1 is 1.31 bits per heavy atom. The molecule has 0 saturated carbocycles. The Hall–Kier alpha value is -1.54. The number of hydrogen-bond acceptors (Lipinski definition) is 2. The third-order valence-electron chi connectivity index (χ3n) is 2.50. The van der Waals surface area contributed by atoms with Crippen molar-refractivity contribution < 1.29 is 0 Å². The van der Waals surface area contributed by atoms with Crippen LogP contribution < -0.4 is 4.48 Å². The van der Waals surface area contributed by atoms with Crippen LogP contribution in [0.25, 0.3) is 22.6 Å². The maximum atomic E-state index is 4.53. The molecule has 0 bridgehead atoms. The van der Waals surface area contributed by atoms with Gasteiger partial charge in [-0.1, -0.05) is 0 Å². The van der Waals surface area contributed by atoms with E-state index in [-0.39, 0.29) is 0 Å². The molecule has 2 aromatic heterocycles. The number of para-hydroxylation sites is 2. The molecule has 3 aromatic rings. The van der Waals surface area contributed by atoms with Gasteiger partial charge in [-0.15, -0.1) is 0 Å². The maximum absolute atomic E-state index is 4.53. The summed E-state index contributed by atoms with van der Waals surface area (Å²) in [4.78, 5) is 7.82. The quantitative estimate of drug-likeness (QED) is 0.665. The Morgan fingerprint density at radius 3 is 2.81 bits per heavy atom. The zero-order valence-electron chi connectivity index (χ0n) is 8.68. The van der Waals surface area contributed by atoms with Crippen LogP contribution in [0.5, 0.6) is 0 Å². The van der Waals surface area contributed by atoms with Crippen LogP contribution in [0.4, 0.5) is 0 Å². The van der Waals surface area contributed by atoms with Crippen molar-refractivity contribution in [2.24, 2.45) is 7.05 Å². The average Bonchev–Trinajstić information content (AvgIpc) is 2.81. The van der Waals surface area contributed by atoms with Gasteiger partial charge >= 0.3 is 101 Å². The van der Waals surface area contributed by atoms with Crippen LogP contribution in [-0.4, -0.2) is 36.6 Å². The van der Waals surface area contributed by atoms with Gasteiger partial charge in [0.05, 0.1) is 0 Å². The van der Waals surface area contributed by atoms with Crippen molar-refractivity contribution in [1.29, 1.82) is 0 Å². The van der Waals surface area contributed by atoms with Crippen molar-refractivity contribution in [1.82, 2.24) is 19.7 Å². The number of nitrogens with one attached hydrogen (secondary N) is 1. The van der Waals surface area contributed by atoms with E-state index >= 15 is 0 Å². The molecule has 1 N–H and O–H groups in total. The van der Waals surface area contributed by atoms with Crippen LogP contribution in [0, 0.1) is 0 Å². The molecule has 0 saturated heterocycles. The Balaban J connectivity index is 2.22. The van der Waals surface area contributed by atoms with Crippen molar-refractivity contribution in [3.8, 4) is 11.5 Å². The van der Waals surface area contributed by atoms with Crippen LogP contribution in [0.3, 0.4) is 0 Å². The van der Waals surface area contributed by atoms with Crippen molar-refractivity contribution >= 4 is 32.4 Å². The molecule has 16 heavy (non-hydrogen) atoms. The molecule has 0 atom stereocenters. The summed E-state index contributed by atoms with van der Waals surface area (Å²) < 4.78 is 2.76. The Morgan fingerprint density at radius 2 is 2.12 bits per heavy atom. The first-order valence-electron chi connectivity index (χ1n) is 4.92. The molecule has 0 amide bonds. The summed E-state index contributed by atoms with van der Waals surface area (Å²) in [5, 5.41) is 4.29. The molecule has 78 valence electrons. The first-order valence-corrected chi connectivity index (χ1v) is 5.86. The second-order valence-electron chi connectivity index (χ2n) is 3.61. The molecule has 0 fully saturated rings. The number of benzene rings is 1. The Kier molecular flexibility index (Phi) is 2.11. The van der Waals surface area contributed by atoms with Crippen molar-refractivity contribution in [2.75, 3.05) is 0 Å². The number of fused-ring (bicyclic) bond motifs is 1. The van der Waals surface area contributed by atoms with E-state index in [9.17, 15) is 0 Å². The molecule has 3 rings (SSSR count). The molecule has 0 aliphatic heterocycles. The summed E-state index contributed by atoms with van der Waals surface area (Å²) in [7, 11) is 1.92. The normalized spacial score (nSPS) is 11.1. The van der Waals surface area contributed by atoms with Gasteiger partial charge in [0.2, 0.25) is 0 Å². The molecular weight excluding hydrogens is 263 g/mol. The van der Waals surface area contributed by atoms with E-state index in [0.29, 0.717) is 0 Å². The van der Waals surface area contributed by atoms with E-state index in [1.54, 1.807) is 0 Å². The average molecular weight is 272 g/mol. The van der Waals surface area contributed by atoms with E-state index < -0.39 is 0 Å². The van der Waals surface area contributed by atoms with Crippen LogP contribution in [0.2, 0.25) is 0 Å². The monoisotopic (exact) mass is 272 g/mol. The standard InChI is InChI=1S/C11H9AsN4/c1-16-9(6-10(12)15-16)11-13-7-4-2-3-5-8(7)14-11/h2-6H,1H3,(H,13,14). The van der Waals surface area contributed by atoms with E-state index in [1.165, 1.54) is 0 Å². The number of H-pyrrole nitrogens is 1. The second-order valence-corrected chi connectivity index (χ2v) is 4.58.